The first kappa shape index (κ1) is 23.0. The smallest absolute Gasteiger partial charge is 0.407 e. The van der Waals surface area contributed by atoms with Crippen molar-refractivity contribution in [1.82, 2.24) is 15.3 Å². The number of terminal acetylenes is 1. The number of benzene rings is 1. The summed E-state index contributed by atoms with van der Waals surface area (Å²) < 4.78 is 41.7. The van der Waals surface area contributed by atoms with E-state index in [1.807, 2.05) is 6.07 Å². The number of alkyl carbamates (subject to hydrolysis) is 1. The highest BCUT2D eigenvalue weighted by Gasteiger charge is 2.23. The largest absolute Gasteiger partial charge is 0.447 e. The number of amides is 1. The van der Waals surface area contributed by atoms with Gasteiger partial charge in [-0.2, -0.15) is 0 Å². The van der Waals surface area contributed by atoms with E-state index in [1.165, 1.54) is 12.3 Å². The molecule has 31 heavy (non-hydrogen) atoms. The van der Waals surface area contributed by atoms with Gasteiger partial charge in [0, 0.05) is 29.7 Å². The second-order valence-corrected chi connectivity index (χ2v) is 5.88. The number of carbonyl (C=O) groups excluding carboxylic acids is 1. The van der Waals surface area contributed by atoms with Crippen molar-refractivity contribution in [2.24, 2.45) is 0 Å². The van der Waals surface area contributed by atoms with E-state index >= 15 is 0 Å². The van der Waals surface area contributed by atoms with E-state index in [-0.39, 0.29) is 12.6 Å². The lowest BCUT2D eigenvalue weighted by Gasteiger charge is -2.06. The highest BCUT2D eigenvalue weighted by Crippen LogP contribution is 2.17. The SMILES string of the molecule is C#C.Fc1ccc(F)cc1.O=C1N[C@H](c2cncc(C#Cc3cncc(F)c3)c2)CO1. The standard InChI is InChI=1S/C15H10FN3O2.C6H4F2.C2H2/c16-13-4-11(6-18-8-13)2-1-10-3-12(7-17-5-10)14-9-21-15(20)19-14;7-5-1-2-6(8)4-3-5;1-2/h3-8,14H,9H2,(H,19,20);1-4H;1-2H/t14-;;/m0../s1. The highest BCUT2D eigenvalue weighted by atomic mass is 19.1. The number of aromatic nitrogens is 2. The Morgan fingerprint density at radius 3 is 1.94 bits per heavy atom. The van der Waals surface area contributed by atoms with Crippen LogP contribution in [-0.4, -0.2) is 22.7 Å². The fraction of sp³-hybridized carbons (Fsp3) is 0.0870. The Morgan fingerprint density at radius 2 is 1.42 bits per heavy atom. The van der Waals surface area contributed by atoms with E-state index in [4.69, 9.17) is 4.74 Å². The van der Waals surface area contributed by atoms with E-state index in [0.717, 1.165) is 36.0 Å². The van der Waals surface area contributed by atoms with Crippen molar-refractivity contribution in [2.45, 2.75) is 6.04 Å². The fourth-order valence-corrected chi connectivity index (χ4v) is 2.33. The molecule has 156 valence electrons. The molecule has 0 saturated carbocycles. The number of halogens is 3. The zero-order valence-corrected chi connectivity index (χ0v) is 16.1. The monoisotopic (exact) mass is 423 g/mol. The second-order valence-electron chi connectivity index (χ2n) is 5.88. The third kappa shape index (κ3) is 7.56. The summed E-state index contributed by atoms with van der Waals surface area (Å²) in [6.45, 7) is 0.269. The molecule has 3 aromatic rings. The molecule has 1 atom stereocenters. The normalized spacial score (nSPS) is 13.7. The lowest BCUT2D eigenvalue weighted by Crippen LogP contribution is -2.18. The number of pyridine rings is 2. The molecule has 1 saturated heterocycles. The molecular weight excluding hydrogens is 407 g/mol. The Bertz CT molecular complexity index is 1090. The number of carbonyl (C=O) groups is 1. The molecule has 1 N–H and O–H groups in total. The van der Waals surface area contributed by atoms with Gasteiger partial charge < -0.3 is 10.1 Å². The highest BCUT2D eigenvalue weighted by molar-refractivity contribution is 5.70. The molecule has 0 spiro atoms. The number of rotatable bonds is 1. The Hall–Kier alpha value is -4.30. The zero-order valence-electron chi connectivity index (χ0n) is 16.1. The van der Waals surface area contributed by atoms with E-state index in [2.05, 4.69) is 40.0 Å². The number of ether oxygens (including phenoxy) is 1. The van der Waals surface area contributed by atoms with Crippen molar-refractivity contribution < 1.29 is 22.7 Å². The van der Waals surface area contributed by atoms with Gasteiger partial charge in [0.05, 0.1) is 12.2 Å². The number of hydrogen-bond donors (Lipinski definition) is 1. The maximum absolute atomic E-state index is 13.0. The molecule has 3 heterocycles. The summed E-state index contributed by atoms with van der Waals surface area (Å²) in [7, 11) is 0. The van der Waals surface area contributed by atoms with Crippen molar-refractivity contribution in [1.29, 1.82) is 0 Å². The summed E-state index contributed by atoms with van der Waals surface area (Å²) in [6, 6.07) is 7.21. The van der Waals surface area contributed by atoms with E-state index in [0.29, 0.717) is 11.1 Å². The molecule has 8 heteroatoms. The molecule has 4 rings (SSSR count). The van der Waals surface area contributed by atoms with Crippen molar-refractivity contribution in [3.63, 3.8) is 0 Å². The summed E-state index contributed by atoms with van der Waals surface area (Å²) in [6.07, 6.45) is 13.4. The molecule has 1 fully saturated rings. The average Bonchev–Trinajstić information content (AvgIpc) is 3.23. The van der Waals surface area contributed by atoms with Gasteiger partial charge in [-0.3, -0.25) is 9.97 Å². The van der Waals surface area contributed by atoms with Crippen molar-refractivity contribution in [3.05, 3.63) is 95.3 Å². The van der Waals surface area contributed by atoms with Crippen LogP contribution in [-0.2, 0) is 4.74 Å². The van der Waals surface area contributed by atoms with Crippen molar-refractivity contribution in [2.75, 3.05) is 6.61 Å². The molecule has 0 aliphatic carbocycles. The van der Waals surface area contributed by atoms with Crippen molar-refractivity contribution in [3.8, 4) is 24.7 Å². The van der Waals surface area contributed by atoms with Crippen LogP contribution in [0.2, 0.25) is 0 Å². The minimum atomic E-state index is -0.442. The van der Waals surface area contributed by atoms with Gasteiger partial charge in [-0.1, -0.05) is 11.8 Å². The Labute approximate surface area is 177 Å². The van der Waals surface area contributed by atoms with Gasteiger partial charge in [0.25, 0.3) is 0 Å². The summed E-state index contributed by atoms with van der Waals surface area (Å²) in [5.74, 6) is 4.46. The van der Waals surface area contributed by atoms with Gasteiger partial charge in [-0.05, 0) is 42.0 Å². The third-order valence-corrected chi connectivity index (χ3v) is 3.69. The van der Waals surface area contributed by atoms with Gasteiger partial charge in [0.15, 0.2) is 0 Å². The first-order valence-electron chi connectivity index (χ1n) is 8.75. The van der Waals surface area contributed by atoms with Gasteiger partial charge in [0.1, 0.15) is 24.1 Å². The van der Waals surface area contributed by atoms with Crippen molar-refractivity contribution >= 4 is 6.09 Å². The lowest BCUT2D eigenvalue weighted by molar-refractivity contribution is 0.177. The molecule has 0 unspecified atom stereocenters. The van der Waals surface area contributed by atoms with Crippen LogP contribution < -0.4 is 5.32 Å². The van der Waals surface area contributed by atoms with Crippen LogP contribution in [0.1, 0.15) is 22.7 Å². The first-order chi connectivity index (χ1) is 15.0. The summed E-state index contributed by atoms with van der Waals surface area (Å²) in [5, 5.41) is 2.67. The average molecular weight is 423 g/mol. The second kappa shape index (κ2) is 11.6. The molecule has 0 bridgehead atoms. The molecule has 2 aromatic heterocycles. The molecule has 0 radical (unpaired) electrons. The minimum absolute atomic E-state index is 0.220. The number of nitrogens with one attached hydrogen (secondary N) is 1. The number of hydrogen-bond acceptors (Lipinski definition) is 4. The van der Waals surface area contributed by atoms with E-state index in [9.17, 15) is 18.0 Å². The van der Waals surface area contributed by atoms with E-state index in [1.54, 1.807) is 12.4 Å². The molecule has 1 aliphatic rings. The van der Waals surface area contributed by atoms with Crippen LogP contribution in [0.5, 0.6) is 0 Å². The topological polar surface area (TPSA) is 64.1 Å². The third-order valence-electron chi connectivity index (χ3n) is 3.69. The number of nitrogens with zero attached hydrogens (tertiary/aromatic N) is 2. The number of cyclic esters (lactones) is 1. The van der Waals surface area contributed by atoms with Crippen LogP contribution in [0.3, 0.4) is 0 Å². The van der Waals surface area contributed by atoms with Crippen LogP contribution in [0.15, 0.2) is 61.2 Å². The molecule has 1 aliphatic heterocycles. The Balaban J connectivity index is 0.000000286. The van der Waals surface area contributed by atoms with Crippen LogP contribution in [0, 0.1) is 42.1 Å². The summed E-state index contributed by atoms with van der Waals surface area (Å²) in [4.78, 5) is 18.8. The van der Waals surface area contributed by atoms with Gasteiger partial charge in [-0.15, -0.1) is 12.8 Å². The van der Waals surface area contributed by atoms with Crippen LogP contribution >= 0.6 is 0 Å². The molecule has 1 amide bonds. The predicted octanol–water partition coefficient (Wildman–Crippen LogP) is 4.01. The Kier molecular flexibility index (Phi) is 8.63. The molecule has 1 aromatic carbocycles. The van der Waals surface area contributed by atoms with Crippen LogP contribution in [0.4, 0.5) is 18.0 Å². The minimum Gasteiger partial charge on any atom is -0.447 e. The molecular formula is C23H16F3N3O2. The van der Waals surface area contributed by atoms with Gasteiger partial charge >= 0.3 is 6.09 Å². The van der Waals surface area contributed by atoms with Crippen LogP contribution in [0.25, 0.3) is 0 Å². The van der Waals surface area contributed by atoms with Gasteiger partial charge in [0.2, 0.25) is 0 Å². The maximum Gasteiger partial charge on any atom is 0.407 e. The first-order valence-corrected chi connectivity index (χ1v) is 8.75. The summed E-state index contributed by atoms with van der Waals surface area (Å²) >= 11 is 0. The quantitative estimate of drug-likeness (QED) is 0.601. The fourth-order valence-electron chi connectivity index (χ4n) is 2.33. The maximum atomic E-state index is 13.0. The zero-order chi connectivity index (χ0) is 22.6. The summed E-state index contributed by atoms with van der Waals surface area (Å²) in [5.41, 5.74) is 1.96. The van der Waals surface area contributed by atoms with E-state index < -0.39 is 23.5 Å². The van der Waals surface area contributed by atoms with Gasteiger partial charge in [-0.25, -0.2) is 18.0 Å². The predicted molar refractivity (Wildman–Crippen MR) is 108 cm³/mol. The Morgan fingerprint density at radius 1 is 0.871 bits per heavy atom. The molecule has 5 nitrogen and oxygen atoms in total. The lowest BCUT2D eigenvalue weighted by atomic mass is 10.1.